The third-order valence-corrected chi connectivity index (χ3v) is 3.07. The van der Waals surface area contributed by atoms with Crippen LogP contribution in [0.2, 0.25) is 5.02 Å². The molecule has 3 N–H and O–H groups in total. The van der Waals surface area contributed by atoms with E-state index < -0.39 is 5.41 Å². The van der Waals surface area contributed by atoms with Crippen LogP contribution in [0.5, 0.6) is 0 Å². The molecule has 0 saturated heterocycles. The summed E-state index contributed by atoms with van der Waals surface area (Å²) in [5.74, 6) is -0.0532. The molecule has 1 amide bonds. The fourth-order valence-corrected chi connectivity index (χ4v) is 1.26. The largest absolute Gasteiger partial charge is 0.399 e. The van der Waals surface area contributed by atoms with Crippen LogP contribution in [0.4, 0.5) is 11.4 Å². The van der Waals surface area contributed by atoms with Crippen molar-refractivity contribution >= 4 is 28.9 Å². The lowest BCUT2D eigenvalue weighted by atomic mass is 9.89. The number of rotatable bonds is 3. The van der Waals surface area contributed by atoms with Crippen LogP contribution in [0.3, 0.4) is 0 Å². The van der Waals surface area contributed by atoms with Gasteiger partial charge in [0.2, 0.25) is 5.91 Å². The van der Waals surface area contributed by atoms with Crippen molar-refractivity contribution in [2.45, 2.75) is 27.2 Å². The third-order valence-electron chi connectivity index (χ3n) is 2.74. The first-order valence-electron chi connectivity index (χ1n) is 5.23. The smallest absolute Gasteiger partial charge is 0.230 e. The minimum Gasteiger partial charge on any atom is -0.399 e. The van der Waals surface area contributed by atoms with Crippen LogP contribution < -0.4 is 11.1 Å². The van der Waals surface area contributed by atoms with Gasteiger partial charge in [0.1, 0.15) is 0 Å². The molecule has 88 valence electrons. The van der Waals surface area contributed by atoms with Gasteiger partial charge < -0.3 is 11.1 Å². The van der Waals surface area contributed by atoms with Crippen LogP contribution in [0.25, 0.3) is 0 Å². The molecule has 0 heterocycles. The van der Waals surface area contributed by atoms with Gasteiger partial charge in [0.05, 0.1) is 10.7 Å². The van der Waals surface area contributed by atoms with E-state index in [1.165, 1.54) is 0 Å². The third kappa shape index (κ3) is 2.89. The van der Waals surface area contributed by atoms with Crippen LogP contribution in [0, 0.1) is 5.41 Å². The Morgan fingerprint density at radius 2 is 2.12 bits per heavy atom. The maximum absolute atomic E-state index is 11.9. The number of carbonyl (C=O) groups excluding carboxylic acids is 1. The summed E-state index contributed by atoms with van der Waals surface area (Å²) in [5, 5.41) is 3.29. The fourth-order valence-electron chi connectivity index (χ4n) is 1.09. The van der Waals surface area contributed by atoms with E-state index >= 15 is 0 Å². The number of nitrogen functional groups attached to an aromatic ring is 1. The molecule has 0 atom stereocenters. The van der Waals surface area contributed by atoms with Crippen molar-refractivity contribution in [3.05, 3.63) is 23.2 Å². The normalized spacial score (nSPS) is 11.2. The minimum absolute atomic E-state index is 0.0532. The van der Waals surface area contributed by atoms with Gasteiger partial charge in [-0.25, -0.2) is 0 Å². The zero-order chi connectivity index (χ0) is 12.3. The number of nitrogens with two attached hydrogens (primary N) is 1. The number of carbonyl (C=O) groups is 1. The summed E-state index contributed by atoms with van der Waals surface area (Å²) in [6, 6.07) is 5.03. The summed E-state index contributed by atoms with van der Waals surface area (Å²) in [6.45, 7) is 5.76. The SMILES string of the molecule is CCC(C)(C)C(=O)Nc1cc(N)ccc1Cl. The molecule has 0 bridgehead atoms. The molecule has 0 saturated carbocycles. The molecule has 3 nitrogen and oxygen atoms in total. The second-order valence-corrected chi connectivity index (χ2v) is 4.84. The van der Waals surface area contributed by atoms with Gasteiger partial charge in [-0.2, -0.15) is 0 Å². The number of halogens is 1. The highest BCUT2D eigenvalue weighted by molar-refractivity contribution is 6.33. The molecule has 1 rings (SSSR count). The van der Waals surface area contributed by atoms with Gasteiger partial charge in [-0.05, 0) is 24.6 Å². The van der Waals surface area contributed by atoms with E-state index in [0.29, 0.717) is 16.4 Å². The molecule has 0 aliphatic carbocycles. The van der Waals surface area contributed by atoms with Gasteiger partial charge in [0.15, 0.2) is 0 Å². The number of anilines is 2. The molecule has 16 heavy (non-hydrogen) atoms. The second kappa shape index (κ2) is 4.74. The first kappa shape index (κ1) is 12.8. The Balaban J connectivity index is 2.89. The molecule has 0 aliphatic rings. The van der Waals surface area contributed by atoms with Crippen molar-refractivity contribution in [2.24, 2.45) is 5.41 Å². The summed E-state index contributed by atoms with van der Waals surface area (Å²) >= 11 is 5.96. The van der Waals surface area contributed by atoms with Crippen molar-refractivity contribution < 1.29 is 4.79 Å². The van der Waals surface area contributed by atoms with Gasteiger partial charge >= 0.3 is 0 Å². The predicted octanol–water partition coefficient (Wildman–Crippen LogP) is 3.30. The highest BCUT2D eigenvalue weighted by atomic mass is 35.5. The average molecular weight is 241 g/mol. The molecule has 0 spiro atoms. The summed E-state index contributed by atoms with van der Waals surface area (Å²) in [7, 11) is 0. The first-order valence-corrected chi connectivity index (χ1v) is 5.61. The van der Waals surface area contributed by atoms with Crippen molar-refractivity contribution in [2.75, 3.05) is 11.1 Å². The van der Waals surface area contributed by atoms with E-state index in [-0.39, 0.29) is 5.91 Å². The predicted molar refractivity (Wildman–Crippen MR) is 68.6 cm³/mol. The molecule has 0 radical (unpaired) electrons. The standard InChI is InChI=1S/C12H17ClN2O/c1-4-12(2,3)11(16)15-10-7-8(14)5-6-9(10)13/h5-7H,4,14H2,1-3H3,(H,15,16). The van der Waals surface area contributed by atoms with E-state index in [9.17, 15) is 4.79 Å². The van der Waals surface area contributed by atoms with Gasteiger partial charge in [-0.3, -0.25) is 4.79 Å². The van der Waals surface area contributed by atoms with Crippen molar-refractivity contribution in [1.82, 2.24) is 0 Å². The lowest BCUT2D eigenvalue weighted by molar-refractivity contribution is -0.124. The Hall–Kier alpha value is -1.22. The summed E-state index contributed by atoms with van der Waals surface area (Å²) < 4.78 is 0. The molecule has 0 aliphatic heterocycles. The van der Waals surface area contributed by atoms with Crippen LogP contribution in [0.1, 0.15) is 27.2 Å². The lowest BCUT2D eigenvalue weighted by Crippen LogP contribution is -2.30. The Morgan fingerprint density at radius 3 is 2.69 bits per heavy atom. The number of amides is 1. The monoisotopic (exact) mass is 240 g/mol. The Labute approximate surface area is 101 Å². The highest BCUT2D eigenvalue weighted by Gasteiger charge is 2.25. The lowest BCUT2D eigenvalue weighted by Gasteiger charge is -2.21. The van der Waals surface area contributed by atoms with Gasteiger partial charge in [-0.15, -0.1) is 0 Å². The average Bonchev–Trinajstić information content (AvgIpc) is 2.23. The van der Waals surface area contributed by atoms with Crippen LogP contribution in [0.15, 0.2) is 18.2 Å². The summed E-state index contributed by atoms with van der Waals surface area (Å²) in [6.07, 6.45) is 0.763. The number of nitrogens with one attached hydrogen (secondary N) is 1. The molecule has 4 heteroatoms. The van der Waals surface area contributed by atoms with E-state index in [2.05, 4.69) is 5.32 Å². The van der Waals surface area contributed by atoms with E-state index in [1.807, 2.05) is 20.8 Å². The molecule has 0 unspecified atom stereocenters. The fraction of sp³-hybridized carbons (Fsp3) is 0.417. The minimum atomic E-state index is -0.409. The summed E-state index contributed by atoms with van der Waals surface area (Å²) in [5.41, 5.74) is 6.37. The number of benzene rings is 1. The molecule has 0 fully saturated rings. The maximum Gasteiger partial charge on any atom is 0.230 e. The summed E-state index contributed by atoms with van der Waals surface area (Å²) in [4.78, 5) is 11.9. The Kier molecular flexibility index (Phi) is 3.81. The van der Waals surface area contributed by atoms with E-state index in [4.69, 9.17) is 17.3 Å². The Morgan fingerprint density at radius 1 is 1.50 bits per heavy atom. The Bertz CT molecular complexity index is 402. The van der Waals surface area contributed by atoms with Gasteiger partial charge in [-0.1, -0.05) is 32.4 Å². The van der Waals surface area contributed by atoms with E-state index in [1.54, 1.807) is 18.2 Å². The molecular formula is C12H17ClN2O. The van der Waals surface area contributed by atoms with Crippen molar-refractivity contribution in [3.63, 3.8) is 0 Å². The molecule has 0 aromatic heterocycles. The zero-order valence-electron chi connectivity index (χ0n) is 9.80. The molecule has 1 aromatic carbocycles. The van der Waals surface area contributed by atoms with Crippen LogP contribution in [-0.2, 0) is 4.79 Å². The number of hydrogen-bond acceptors (Lipinski definition) is 2. The first-order chi connectivity index (χ1) is 7.36. The quantitative estimate of drug-likeness (QED) is 0.797. The van der Waals surface area contributed by atoms with Crippen LogP contribution in [-0.4, -0.2) is 5.91 Å². The topological polar surface area (TPSA) is 55.1 Å². The van der Waals surface area contributed by atoms with Crippen molar-refractivity contribution in [3.8, 4) is 0 Å². The maximum atomic E-state index is 11.9. The second-order valence-electron chi connectivity index (χ2n) is 4.43. The van der Waals surface area contributed by atoms with Crippen molar-refractivity contribution in [1.29, 1.82) is 0 Å². The highest BCUT2D eigenvalue weighted by Crippen LogP contribution is 2.27. The van der Waals surface area contributed by atoms with Gasteiger partial charge in [0.25, 0.3) is 0 Å². The van der Waals surface area contributed by atoms with Crippen LogP contribution >= 0.6 is 11.6 Å². The zero-order valence-corrected chi connectivity index (χ0v) is 10.6. The van der Waals surface area contributed by atoms with Gasteiger partial charge in [0, 0.05) is 11.1 Å². The van der Waals surface area contributed by atoms with E-state index in [0.717, 1.165) is 6.42 Å². The molecule has 1 aromatic rings. The number of hydrogen-bond donors (Lipinski definition) is 2. The molecular weight excluding hydrogens is 224 g/mol.